The Hall–Kier alpha value is -1.95. The molecule has 0 fully saturated rings. The molecule has 1 atom stereocenters. The third-order valence-corrected chi connectivity index (χ3v) is 3.23. The van der Waals surface area contributed by atoms with Gasteiger partial charge in [0, 0.05) is 23.3 Å². The second-order valence-electron chi connectivity index (χ2n) is 3.83. The fraction of sp³-hybridized carbons (Fsp3) is 0.250. The van der Waals surface area contributed by atoms with Crippen LogP contribution in [0.1, 0.15) is 34.1 Å². The van der Waals surface area contributed by atoms with Crippen molar-refractivity contribution in [3.63, 3.8) is 0 Å². The first-order valence-corrected chi connectivity index (χ1v) is 6.25. The van der Waals surface area contributed by atoms with E-state index in [0.717, 1.165) is 5.01 Å². The van der Waals surface area contributed by atoms with E-state index in [4.69, 9.17) is 4.74 Å². The van der Waals surface area contributed by atoms with Crippen LogP contribution in [0.15, 0.2) is 28.5 Å². The molecule has 0 aliphatic rings. The second-order valence-corrected chi connectivity index (χ2v) is 4.76. The van der Waals surface area contributed by atoms with Gasteiger partial charge in [0.2, 0.25) is 5.56 Å². The number of aromatic nitrogens is 2. The molecular formula is C12H12N2O3S. The van der Waals surface area contributed by atoms with Crippen LogP contribution >= 0.6 is 11.3 Å². The van der Waals surface area contributed by atoms with Crippen LogP contribution in [-0.4, -0.2) is 15.9 Å². The van der Waals surface area contributed by atoms with E-state index in [-0.39, 0.29) is 11.1 Å². The summed E-state index contributed by atoms with van der Waals surface area (Å²) < 4.78 is 5.25. The van der Waals surface area contributed by atoms with E-state index in [2.05, 4.69) is 9.97 Å². The lowest BCUT2D eigenvalue weighted by Crippen LogP contribution is -2.14. The SMILES string of the molecule is Cc1cc(C(=O)O[C@@H](C)c2nccs2)cc(=O)[nH]1. The highest BCUT2D eigenvalue weighted by Gasteiger charge is 2.16. The Morgan fingerprint density at radius 3 is 2.89 bits per heavy atom. The topological polar surface area (TPSA) is 72.0 Å². The number of rotatable bonds is 3. The summed E-state index contributed by atoms with van der Waals surface area (Å²) in [6.45, 7) is 3.46. The molecule has 0 bridgehead atoms. The minimum absolute atomic E-state index is 0.250. The van der Waals surface area contributed by atoms with E-state index in [9.17, 15) is 9.59 Å². The average molecular weight is 264 g/mol. The molecule has 18 heavy (non-hydrogen) atoms. The summed E-state index contributed by atoms with van der Waals surface area (Å²) in [5.41, 5.74) is 0.555. The van der Waals surface area contributed by atoms with Crippen LogP contribution in [0.3, 0.4) is 0 Å². The Morgan fingerprint density at radius 2 is 2.28 bits per heavy atom. The Labute approximate surface area is 107 Å². The number of H-pyrrole nitrogens is 1. The first kappa shape index (κ1) is 12.5. The molecule has 0 saturated heterocycles. The Morgan fingerprint density at radius 1 is 1.50 bits per heavy atom. The highest BCUT2D eigenvalue weighted by molar-refractivity contribution is 7.09. The summed E-state index contributed by atoms with van der Waals surface area (Å²) in [6.07, 6.45) is 1.24. The average Bonchev–Trinajstić information content (AvgIpc) is 2.80. The summed E-state index contributed by atoms with van der Waals surface area (Å²) >= 11 is 1.42. The van der Waals surface area contributed by atoms with E-state index in [1.807, 2.05) is 5.38 Å². The van der Waals surface area contributed by atoms with Crippen molar-refractivity contribution in [2.75, 3.05) is 0 Å². The molecule has 5 nitrogen and oxygen atoms in total. The van der Waals surface area contributed by atoms with Gasteiger partial charge >= 0.3 is 5.97 Å². The molecule has 0 aliphatic heterocycles. The second kappa shape index (κ2) is 5.14. The Balaban J connectivity index is 2.15. The van der Waals surface area contributed by atoms with Crippen molar-refractivity contribution in [2.45, 2.75) is 20.0 Å². The molecule has 2 heterocycles. The number of aryl methyl sites for hydroxylation is 1. The normalized spacial score (nSPS) is 12.1. The van der Waals surface area contributed by atoms with Crippen molar-refractivity contribution in [1.82, 2.24) is 9.97 Å². The molecule has 6 heteroatoms. The maximum Gasteiger partial charge on any atom is 0.339 e. The maximum atomic E-state index is 11.9. The number of ether oxygens (including phenoxy) is 1. The molecule has 0 spiro atoms. The van der Waals surface area contributed by atoms with Gasteiger partial charge in [0.15, 0.2) is 6.10 Å². The Kier molecular flexibility index (Phi) is 3.57. The lowest BCUT2D eigenvalue weighted by Gasteiger charge is -2.10. The van der Waals surface area contributed by atoms with E-state index in [1.165, 1.54) is 17.4 Å². The maximum absolute atomic E-state index is 11.9. The predicted octanol–water partition coefficient (Wildman–Crippen LogP) is 2.06. The van der Waals surface area contributed by atoms with Crippen LogP contribution in [0.25, 0.3) is 0 Å². The van der Waals surface area contributed by atoms with Gasteiger partial charge in [-0.2, -0.15) is 0 Å². The largest absolute Gasteiger partial charge is 0.452 e. The molecule has 0 aromatic carbocycles. The lowest BCUT2D eigenvalue weighted by atomic mass is 10.2. The monoisotopic (exact) mass is 264 g/mol. The number of carbonyl (C=O) groups excluding carboxylic acids is 1. The number of aromatic amines is 1. The highest BCUT2D eigenvalue weighted by atomic mass is 32.1. The Bertz CT molecular complexity index is 604. The predicted molar refractivity (Wildman–Crippen MR) is 67.7 cm³/mol. The number of hydrogen-bond acceptors (Lipinski definition) is 5. The molecule has 0 aliphatic carbocycles. The van der Waals surface area contributed by atoms with E-state index >= 15 is 0 Å². The van der Waals surface area contributed by atoms with Gasteiger partial charge in [0.25, 0.3) is 0 Å². The first-order chi connectivity index (χ1) is 8.56. The number of nitrogens with one attached hydrogen (secondary N) is 1. The zero-order chi connectivity index (χ0) is 13.1. The van der Waals surface area contributed by atoms with Gasteiger partial charge in [-0.3, -0.25) is 4.79 Å². The van der Waals surface area contributed by atoms with Gasteiger partial charge in [-0.15, -0.1) is 11.3 Å². The van der Waals surface area contributed by atoms with Gasteiger partial charge in [0.1, 0.15) is 5.01 Å². The van der Waals surface area contributed by atoms with E-state index in [0.29, 0.717) is 5.69 Å². The fourth-order valence-electron chi connectivity index (χ4n) is 1.51. The van der Waals surface area contributed by atoms with Crippen LogP contribution in [0.2, 0.25) is 0 Å². The van der Waals surface area contributed by atoms with Crippen LogP contribution in [-0.2, 0) is 4.74 Å². The minimum Gasteiger partial charge on any atom is -0.452 e. The number of thiazole rings is 1. The van der Waals surface area contributed by atoms with Gasteiger partial charge in [-0.25, -0.2) is 9.78 Å². The summed E-state index contributed by atoms with van der Waals surface area (Å²) in [7, 11) is 0. The summed E-state index contributed by atoms with van der Waals surface area (Å²) in [4.78, 5) is 29.8. The molecule has 0 saturated carbocycles. The molecule has 2 aromatic rings. The van der Waals surface area contributed by atoms with Crippen LogP contribution in [0.4, 0.5) is 0 Å². The molecule has 0 amide bonds. The number of nitrogens with zero attached hydrogens (tertiary/aromatic N) is 1. The number of hydrogen-bond donors (Lipinski definition) is 1. The number of esters is 1. The third-order valence-electron chi connectivity index (χ3n) is 2.30. The van der Waals surface area contributed by atoms with E-state index in [1.54, 1.807) is 26.1 Å². The molecule has 1 N–H and O–H groups in total. The molecule has 0 radical (unpaired) electrons. The van der Waals surface area contributed by atoms with Crippen molar-refractivity contribution in [3.8, 4) is 0 Å². The number of pyridine rings is 1. The van der Waals surface area contributed by atoms with Crippen molar-refractivity contribution in [1.29, 1.82) is 0 Å². The zero-order valence-electron chi connectivity index (χ0n) is 9.97. The zero-order valence-corrected chi connectivity index (χ0v) is 10.8. The first-order valence-electron chi connectivity index (χ1n) is 5.37. The van der Waals surface area contributed by atoms with Crippen LogP contribution in [0.5, 0.6) is 0 Å². The summed E-state index contributed by atoms with van der Waals surface area (Å²) in [5, 5.41) is 2.54. The molecular weight excluding hydrogens is 252 g/mol. The van der Waals surface area contributed by atoms with Crippen molar-refractivity contribution in [2.24, 2.45) is 0 Å². The van der Waals surface area contributed by atoms with Gasteiger partial charge in [0.05, 0.1) is 5.56 Å². The van der Waals surface area contributed by atoms with Gasteiger partial charge < -0.3 is 9.72 Å². The van der Waals surface area contributed by atoms with Crippen LogP contribution in [0, 0.1) is 6.92 Å². The lowest BCUT2D eigenvalue weighted by molar-refractivity contribution is 0.0337. The third kappa shape index (κ3) is 2.84. The van der Waals surface area contributed by atoms with Crippen molar-refractivity contribution in [3.05, 3.63) is 50.3 Å². The van der Waals surface area contributed by atoms with E-state index < -0.39 is 12.1 Å². The quantitative estimate of drug-likeness (QED) is 0.861. The standard InChI is InChI=1S/C12H12N2O3S/c1-7-5-9(6-10(15)14-7)12(16)17-8(2)11-13-3-4-18-11/h3-6,8H,1-2H3,(H,14,15)/t8-/m0/s1. The van der Waals surface area contributed by atoms with Crippen molar-refractivity contribution < 1.29 is 9.53 Å². The summed E-state index contributed by atoms with van der Waals surface area (Å²) in [5.74, 6) is -0.521. The molecule has 2 rings (SSSR count). The smallest absolute Gasteiger partial charge is 0.339 e. The molecule has 94 valence electrons. The van der Waals surface area contributed by atoms with Gasteiger partial charge in [-0.1, -0.05) is 0 Å². The van der Waals surface area contributed by atoms with Crippen LogP contribution < -0.4 is 5.56 Å². The highest BCUT2D eigenvalue weighted by Crippen LogP contribution is 2.20. The minimum atomic E-state index is -0.521. The van der Waals surface area contributed by atoms with Crippen molar-refractivity contribution >= 4 is 17.3 Å². The molecule has 2 aromatic heterocycles. The fourth-order valence-corrected chi connectivity index (χ4v) is 2.14. The summed E-state index contributed by atoms with van der Waals surface area (Å²) in [6, 6.07) is 2.81. The molecule has 0 unspecified atom stereocenters. The number of carbonyl (C=O) groups is 1. The van der Waals surface area contributed by atoms with Gasteiger partial charge in [-0.05, 0) is 19.9 Å².